The summed E-state index contributed by atoms with van der Waals surface area (Å²) in [6, 6.07) is 24.2. The normalized spacial score (nSPS) is 18.3. The average Bonchev–Trinajstić information content (AvgIpc) is 2.74. The molecule has 1 heterocycles. The molecule has 1 aliphatic heterocycles. The van der Waals surface area contributed by atoms with Gasteiger partial charge in [-0.25, -0.2) is 0 Å². The third-order valence-electron chi connectivity index (χ3n) is 5.17. The molecule has 2 atom stereocenters. The van der Waals surface area contributed by atoms with Crippen LogP contribution >= 0.6 is 0 Å². The van der Waals surface area contributed by atoms with Gasteiger partial charge in [0.2, 0.25) is 5.91 Å². The van der Waals surface area contributed by atoms with E-state index in [-0.39, 0.29) is 18.0 Å². The van der Waals surface area contributed by atoms with Crippen LogP contribution in [0.5, 0.6) is 0 Å². The number of carbonyl (C=O) groups excluding carboxylic acids is 1. The van der Waals surface area contributed by atoms with Crippen molar-refractivity contribution in [2.24, 2.45) is 0 Å². The highest BCUT2D eigenvalue weighted by Gasteiger charge is 2.30. The zero-order valence-electron chi connectivity index (χ0n) is 15.5. The Morgan fingerprint density at radius 1 is 1.04 bits per heavy atom. The number of amides is 1. The summed E-state index contributed by atoms with van der Waals surface area (Å²) in [4.78, 5) is 15.2. The molecule has 138 valence electrons. The topological polar surface area (TPSA) is 41.6 Å². The number of ether oxygens (including phenoxy) is 1. The van der Waals surface area contributed by atoms with Crippen LogP contribution in [0.3, 0.4) is 0 Å². The Bertz CT molecular complexity index is 921. The van der Waals surface area contributed by atoms with Gasteiger partial charge in [0.15, 0.2) is 0 Å². The Morgan fingerprint density at radius 2 is 1.78 bits per heavy atom. The minimum Gasteiger partial charge on any atom is -0.377 e. The lowest BCUT2D eigenvalue weighted by Crippen LogP contribution is -2.54. The molecule has 4 heteroatoms. The summed E-state index contributed by atoms with van der Waals surface area (Å²) in [5, 5.41) is 5.55. The lowest BCUT2D eigenvalue weighted by atomic mass is 9.99. The second-order valence-electron chi connectivity index (χ2n) is 6.92. The van der Waals surface area contributed by atoms with E-state index in [9.17, 15) is 4.79 Å². The highest BCUT2D eigenvalue weighted by Crippen LogP contribution is 2.25. The number of nitrogens with one attached hydrogen (secondary N) is 1. The predicted octanol–water partition coefficient (Wildman–Crippen LogP) is 3.92. The lowest BCUT2D eigenvalue weighted by molar-refractivity contribution is -0.125. The summed E-state index contributed by atoms with van der Waals surface area (Å²) in [5.41, 5.74) is 2.18. The average molecular weight is 360 g/mol. The van der Waals surface area contributed by atoms with Crippen LogP contribution in [-0.4, -0.2) is 31.7 Å². The quantitative estimate of drug-likeness (QED) is 0.767. The highest BCUT2D eigenvalue weighted by atomic mass is 16.5. The summed E-state index contributed by atoms with van der Waals surface area (Å²) < 4.78 is 5.61. The van der Waals surface area contributed by atoms with Crippen LogP contribution in [0.2, 0.25) is 0 Å². The molecule has 1 saturated heterocycles. The molecule has 1 amide bonds. The molecule has 27 heavy (non-hydrogen) atoms. The molecule has 0 radical (unpaired) electrons. The Kier molecular flexibility index (Phi) is 5.07. The molecule has 3 aromatic carbocycles. The maximum atomic E-state index is 13.1. The van der Waals surface area contributed by atoms with E-state index in [4.69, 9.17) is 4.74 Å². The summed E-state index contributed by atoms with van der Waals surface area (Å²) in [5.74, 6) is -0.000938. The van der Waals surface area contributed by atoms with Crippen molar-refractivity contribution in [3.8, 4) is 0 Å². The van der Waals surface area contributed by atoms with Crippen LogP contribution in [-0.2, 0) is 9.53 Å². The van der Waals surface area contributed by atoms with E-state index in [0.29, 0.717) is 19.8 Å². The van der Waals surface area contributed by atoms with E-state index < -0.39 is 0 Å². The molecule has 4 nitrogen and oxygen atoms in total. The summed E-state index contributed by atoms with van der Waals surface area (Å²) in [7, 11) is 0. The first-order valence-corrected chi connectivity index (χ1v) is 9.41. The van der Waals surface area contributed by atoms with Crippen molar-refractivity contribution < 1.29 is 9.53 Å². The number of benzene rings is 3. The molecule has 0 saturated carbocycles. The van der Waals surface area contributed by atoms with Crippen molar-refractivity contribution in [1.29, 1.82) is 0 Å². The van der Waals surface area contributed by atoms with Gasteiger partial charge in [-0.05, 0) is 35.4 Å². The Morgan fingerprint density at radius 3 is 2.63 bits per heavy atom. The van der Waals surface area contributed by atoms with Crippen molar-refractivity contribution in [2.45, 2.75) is 19.0 Å². The van der Waals surface area contributed by atoms with Gasteiger partial charge < -0.3 is 15.0 Å². The monoisotopic (exact) mass is 360 g/mol. The SMILES string of the molecule is CC(NC(=O)C1COCCN1c1ccccc1)c1cccc2ccccc12. The van der Waals surface area contributed by atoms with E-state index in [1.807, 2.05) is 55.5 Å². The van der Waals surface area contributed by atoms with E-state index in [0.717, 1.165) is 11.3 Å². The third-order valence-corrected chi connectivity index (χ3v) is 5.17. The molecule has 3 aromatic rings. The van der Waals surface area contributed by atoms with E-state index in [2.05, 4.69) is 34.5 Å². The fraction of sp³-hybridized carbons (Fsp3) is 0.261. The minimum atomic E-state index is -0.321. The maximum Gasteiger partial charge on any atom is 0.245 e. The first-order chi connectivity index (χ1) is 13.2. The minimum absolute atomic E-state index is 0.000938. The molecule has 0 aliphatic carbocycles. The zero-order chi connectivity index (χ0) is 18.6. The van der Waals surface area contributed by atoms with Crippen LogP contribution in [0.4, 0.5) is 5.69 Å². The number of fused-ring (bicyclic) bond motifs is 1. The Labute approximate surface area is 159 Å². The Balaban J connectivity index is 1.55. The fourth-order valence-electron chi connectivity index (χ4n) is 3.76. The number of hydrogen-bond acceptors (Lipinski definition) is 3. The summed E-state index contributed by atoms with van der Waals surface area (Å²) in [6.45, 7) is 3.79. The first kappa shape index (κ1) is 17.6. The van der Waals surface area contributed by atoms with E-state index >= 15 is 0 Å². The van der Waals surface area contributed by atoms with Crippen LogP contribution in [0.25, 0.3) is 10.8 Å². The first-order valence-electron chi connectivity index (χ1n) is 9.41. The molecule has 0 aromatic heterocycles. The zero-order valence-corrected chi connectivity index (χ0v) is 15.5. The van der Waals surface area contributed by atoms with Crippen molar-refractivity contribution in [1.82, 2.24) is 5.32 Å². The van der Waals surface area contributed by atoms with Gasteiger partial charge in [-0.15, -0.1) is 0 Å². The molecule has 2 unspecified atom stereocenters. The van der Waals surface area contributed by atoms with Crippen molar-refractivity contribution in [3.63, 3.8) is 0 Å². The van der Waals surface area contributed by atoms with Crippen LogP contribution in [0.1, 0.15) is 18.5 Å². The lowest BCUT2D eigenvalue weighted by Gasteiger charge is -2.37. The van der Waals surface area contributed by atoms with E-state index in [1.165, 1.54) is 10.8 Å². The molecular weight excluding hydrogens is 336 g/mol. The van der Waals surface area contributed by atoms with Crippen LogP contribution < -0.4 is 10.2 Å². The van der Waals surface area contributed by atoms with Gasteiger partial charge in [0.25, 0.3) is 0 Å². The van der Waals surface area contributed by atoms with Crippen molar-refractivity contribution in [2.75, 3.05) is 24.7 Å². The Hall–Kier alpha value is -2.85. The van der Waals surface area contributed by atoms with Gasteiger partial charge in [-0.3, -0.25) is 4.79 Å². The number of rotatable bonds is 4. The van der Waals surface area contributed by atoms with Gasteiger partial charge in [0, 0.05) is 12.2 Å². The summed E-state index contributed by atoms with van der Waals surface area (Å²) in [6.07, 6.45) is 0. The number of hydrogen-bond donors (Lipinski definition) is 1. The molecular formula is C23H24N2O2. The second kappa shape index (κ2) is 7.80. The maximum absolute atomic E-state index is 13.1. The van der Waals surface area contributed by atoms with Crippen molar-refractivity contribution >= 4 is 22.4 Å². The van der Waals surface area contributed by atoms with Crippen LogP contribution in [0, 0.1) is 0 Å². The molecule has 4 rings (SSSR count). The van der Waals surface area contributed by atoms with Gasteiger partial charge in [-0.1, -0.05) is 60.7 Å². The van der Waals surface area contributed by atoms with Crippen molar-refractivity contribution in [3.05, 3.63) is 78.4 Å². The predicted molar refractivity (Wildman–Crippen MR) is 109 cm³/mol. The number of anilines is 1. The summed E-state index contributed by atoms with van der Waals surface area (Å²) >= 11 is 0. The van der Waals surface area contributed by atoms with Gasteiger partial charge in [0.05, 0.1) is 19.3 Å². The second-order valence-corrected chi connectivity index (χ2v) is 6.92. The molecule has 1 aliphatic rings. The van der Waals surface area contributed by atoms with Gasteiger partial charge >= 0.3 is 0 Å². The number of nitrogens with zero attached hydrogens (tertiary/aromatic N) is 1. The number of carbonyl (C=O) groups is 1. The van der Waals surface area contributed by atoms with Gasteiger partial charge in [-0.2, -0.15) is 0 Å². The molecule has 1 N–H and O–H groups in total. The molecule has 1 fully saturated rings. The van der Waals surface area contributed by atoms with E-state index in [1.54, 1.807) is 0 Å². The largest absolute Gasteiger partial charge is 0.377 e. The smallest absolute Gasteiger partial charge is 0.245 e. The highest BCUT2D eigenvalue weighted by molar-refractivity contribution is 5.89. The van der Waals surface area contributed by atoms with Crippen LogP contribution in [0.15, 0.2) is 72.8 Å². The number of para-hydroxylation sites is 1. The van der Waals surface area contributed by atoms with Gasteiger partial charge in [0.1, 0.15) is 6.04 Å². The third kappa shape index (κ3) is 3.67. The molecule has 0 spiro atoms. The number of morpholine rings is 1. The standard InChI is InChI=1S/C23H24N2O2/c1-17(20-13-7-9-18-8-5-6-12-21(18)20)24-23(26)22-16-27-15-14-25(22)19-10-3-2-4-11-19/h2-13,17,22H,14-16H2,1H3,(H,24,26). The molecule has 0 bridgehead atoms. The fourth-order valence-corrected chi connectivity index (χ4v) is 3.76.